The first kappa shape index (κ1) is 21.3. The molecule has 2 aromatic carbocycles. The third kappa shape index (κ3) is 5.79. The molecule has 0 aliphatic carbocycles. The number of carboxylic acids is 2. The van der Waals surface area contributed by atoms with Crippen molar-refractivity contribution < 1.29 is 47.5 Å². The molecular weight excluding hydrogens is 481 g/mol. The molecule has 4 nitrogen and oxygen atoms in total. The monoisotopic (exact) mass is 500 g/mol. The summed E-state index contributed by atoms with van der Waals surface area (Å²) in [5.41, 5.74) is 3.64. The fraction of sp³-hybridized carbons (Fsp3) is 0.222. The van der Waals surface area contributed by atoms with Crippen molar-refractivity contribution in [2.75, 3.05) is 0 Å². The molecule has 2 rings (SSSR count). The average Bonchev–Trinajstić information content (AvgIpc) is 2.38. The van der Waals surface area contributed by atoms with Gasteiger partial charge in [0.1, 0.15) is 0 Å². The summed E-state index contributed by atoms with van der Waals surface area (Å²) in [5.74, 6) is -2.19. The first-order valence-corrected chi connectivity index (χ1v) is 6.80. The summed E-state index contributed by atoms with van der Waals surface area (Å²) in [6.45, 7) is 7.05. The van der Waals surface area contributed by atoms with Gasteiger partial charge in [0.15, 0.2) is 0 Å². The van der Waals surface area contributed by atoms with Crippen molar-refractivity contribution in [3.05, 3.63) is 69.8 Å². The Balaban J connectivity index is 0.000000403. The number of hydrogen-bond donors (Lipinski definition) is 0. The van der Waals surface area contributed by atoms with Crippen molar-refractivity contribution in [1.29, 1.82) is 0 Å². The Labute approximate surface area is 156 Å². The third-order valence-corrected chi connectivity index (χ3v) is 3.37. The molecule has 0 aliphatic heterocycles. The molecule has 116 valence electrons. The van der Waals surface area contributed by atoms with E-state index in [1.807, 2.05) is 12.1 Å². The van der Waals surface area contributed by atoms with Crippen molar-refractivity contribution in [3.63, 3.8) is 0 Å². The first-order valence-electron chi connectivity index (χ1n) is 6.80. The van der Waals surface area contributed by atoms with E-state index < -0.39 is 11.9 Å². The Bertz CT molecular complexity index is 606. The van der Waals surface area contributed by atoms with E-state index in [2.05, 4.69) is 0 Å². The molecular formula is C18H18HgO4. The number of benzene rings is 2. The number of rotatable bonds is 2. The second kappa shape index (κ2) is 9.45. The van der Waals surface area contributed by atoms with Gasteiger partial charge in [-0.15, -0.1) is 0 Å². The minimum atomic E-state index is -1.10. The molecule has 0 N–H and O–H groups in total. The molecule has 0 atom stereocenters. The fourth-order valence-electron chi connectivity index (χ4n) is 2.27. The van der Waals surface area contributed by atoms with Gasteiger partial charge in [0, 0.05) is 11.1 Å². The standard InChI is InChI=1S/2C9H10O2.Hg/c2*1-6-4-3-5-7(2)8(6)9(10)11;/h2*3-5H,1-2H3,(H,10,11);/q;;+2/p-2. The van der Waals surface area contributed by atoms with Crippen molar-refractivity contribution in [2.45, 2.75) is 27.7 Å². The van der Waals surface area contributed by atoms with Crippen LogP contribution in [0.2, 0.25) is 0 Å². The van der Waals surface area contributed by atoms with Gasteiger partial charge < -0.3 is 19.8 Å². The predicted molar refractivity (Wildman–Crippen MR) is 80.5 cm³/mol. The zero-order chi connectivity index (χ0) is 16.9. The van der Waals surface area contributed by atoms with Gasteiger partial charge in [0.2, 0.25) is 0 Å². The van der Waals surface area contributed by atoms with Gasteiger partial charge in [-0.05, 0) is 49.9 Å². The largest absolute Gasteiger partial charge is 2.00 e. The normalized spacial score (nSPS) is 9.22. The summed E-state index contributed by atoms with van der Waals surface area (Å²) in [4.78, 5) is 21.1. The minimum Gasteiger partial charge on any atom is -0.545 e. The van der Waals surface area contributed by atoms with Crippen LogP contribution in [0, 0.1) is 27.7 Å². The van der Waals surface area contributed by atoms with E-state index >= 15 is 0 Å². The summed E-state index contributed by atoms with van der Waals surface area (Å²) < 4.78 is 0. The van der Waals surface area contributed by atoms with E-state index in [0.29, 0.717) is 11.1 Å². The molecule has 0 aliphatic rings. The van der Waals surface area contributed by atoms with Gasteiger partial charge in [-0.2, -0.15) is 0 Å². The van der Waals surface area contributed by atoms with E-state index in [4.69, 9.17) is 0 Å². The maximum Gasteiger partial charge on any atom is 2.00 e. The van der Waals surface area contributed by atoms with Gasteiger partial charge in [0.05, 0.1) is 11.9 Å². The van der Waals surface area contributed by atoms with Crippen molar-refractivity contribution in [1.82, 2.24) is 0 Å². The summed E-state index contributed by atoms with van der Waals surface area (Å²) >= 11 is 0. The van der Waals surface area contributed by atoms with Crippen LogP contribution in [0.5, 0.6) is 0 Å². The molecule has 0 unspecified atom stereocenters. The maximum absolute atomic E-state index is 10.5. The van der Waals surface area contributed by atoms with Crippen LogP contribution in [0.4, 0.5) is 0 Å². The number of carbonyl (C=O) groups excluding carboxylic acids is 2. The van der Waals surface area contributed by atoms with E-state index in [9.17, 15) is 19.8 Å². The predicted octanol–water partition coefficient (Wildman–Crippen LogP) is 1.33. The molecule has 0 saturated carbocycles. The van der Waals surface area contributed by atoms with Crippen LogP contribution in [0.15, 0.2) is 36.4 Å². The van der Waals surface area contributed by atoms with Crippen molar-refractivity contribution in [2.24, 2.45) is 0 Å². The molecule has 5 heteroatoms. The second-order valence-corrected chi connectivity index (χ2v) is 5.11. The Morgan fingerprint density at radius 1 is 0.652 bits per heavy atom. The summed E-state index contributed by atoms with van der Waals surface area (Å²) in [6, 6.07) is 10.7. The molecule has 0 aromatic heterocycles. The van der Waals surface area contributed by atoms with E-state index in [-0.39, 0.29) is 27.7 Å². The SMILES string of the molecule is Cc1cccc(C)c1C(=O)[O-].Cc1cccc(C)c1C(=O)[O-].[Hg+2]. The summed E-state index contributed by atoms with van der Waals surface area (Å²) in [7, 11) is 0. The van der Waals surface area contributed by atoms with Gasteiger partial charge in [-0.25, -0.2) is 0 Å². The molecule has 23 heavy (non-hydrogen) atoms. The Morgan fingerprint density at radius 2 is 0.870 bits per heavy atom. The summed E-state index contributed by atoms with van der Waals surface area (Å²) in [5, 5.41) is 21.1. The third-order valence-electron chi connectivity index (χ3n) is 3.37. The molecule has 0 fully saturated rings. The van der Waals surface area contributed by atoms with E-state index in [1.165, 1.54) is 0 Å². The number of carbonyl (C=O) groups is 2. The van der Waals surface area contributed by atoms with Crippen LogP contribution in [0.3, 0.4) is 0 Å². The number of aryl methyl sites for hydroxylation is 4. The van der Waals surface area contributed by atoms with Crippen LogP contribution >= 0.6 is 0 Å². The Kier molecular flexibility index (Phi) is 8.76. The molecule has 0 amide bonds. The van der Waals surface area contributed by atoms with Crippen molar-refractivity contribution >= 4 is 11.9 Å². The summed E-state index contributed by atoms with van der Waals surface area (Å²) in [6.07, 6.45) is 0. The second-order valence-electron chi connectivity index (χ2n) is 5.11. The molecule has 0 heterocycles. The smallest absolute Gasteiger partial charge is 0.545 e. The van der Waals surface area contributed by atoms with E-state index in [1.54, 1.807) is 52.0 Å². The van der Waals surface area contributed by atoms with Gasteiger partial charge in [-0.3, -0.25) is 0 Å². The average molecular weight is 499 g/mol. The zero-order valence-corrected chi connectivity index (χ0v) is 19.3. The Hall–Kier alpha value is -1.68. The van der Waals surface area contributed by atoms with Crippen LogP contribution < -0.4 is 10.2 Å². The molecule has 0 spiro atoms. The number of carboxylic acid groups (broad SMARTS) is 2. The van der Waals surface area contributed by atoms with Crippen molar-refractivity contribution in [3.8, 4) is 0 Å². The zero-order valence-electron chi connectivity index (χ0n) is 13.8. The minimum absolute atomic E-state index is 0. The maximum atomic E-state index is 10.5. The van der Waals surface area contributed by atoms with E-state index in [0.717, 1.165) is 22.3 Å². The molecule has 0 radical (unpaired) electrons. The van der Waals surface area contributed by atoms with Crippen LogP contribution in [0.1, 0.15) is 43.0 Å². The number of aromatic carboxylic acids is 2. The topological polar surface area (TPSA) is 80.3 Å². The van der Waals surface area contributed by atoms with Crippen LogP contribution in [-0.2, 0) is 27.7 Å². The van der Waals surface area contributed by atoms with Gasteiger partial charge in [0.25, 0.3) is 0 Å². The Morgan fingerprint density at radius 3 is 1.00 bits per heavy atom. The van der Waals surface area contributed by atoms with Crippen LogP contribution in [-0.4, -0.2) is 11.9 Å². The first-order chi connectivity index (χ1) is 10.3. The quantitative estimate of drug-likeness (QED) is 0.585. The van der Waals surface area contributed by atoms with Crippen LogP contribution in [0.25, 0.3) is 0 Å². The number of hydrogen-bond acceptors (Lipinski definition) is 4. The molecule has 0 saturated heterocycles. The van der Waals surface area contributed by atoms with Gasteiger partial charge >= 0.3 is 27.7 Å². The molecule has 2 aromatic rings. The van der Waals surface area contributed by atoms with Gasteiger partial charge in [-0.1, -0.05) is 36.4 Å². The fourth-order valence-corrected chi connectivity index (χ4v) is 2.27. The molecule has 0 bridgehead atoms.